The van der Waals surface area contributed by atoms with Gasteiger partial charge in [-0.2, -0.15) is 0 Å². The Morgan fingerprint density at radius 3 is 2.61 bits per heavy atom. The maximum Gasteiger partial charge on any atom is 0.0721 e. The Kier molecular flexibility index (Phi) is 4.90. The van der Waals surface area contributed by atoms with Crippen molar-refractivity contribution in [3.63, 3.8) is 0 Å². The molecular formula is C15H20Br2O. The molecule has 18 heavy (non-hydrogen) atoms. The van der Waals surface area contributed by atoms with E-state index in [0.29, 0.717) is 23.0 Å². The molecule has 2 atom stereocenters. The van der Waals surface area contributed by atoms with Gasteiger partial charge in [0.1, 0.15) is 0 Å². The van der Waals surface area contributed by atoms with Crippen LogP contribution < -0.4 is 0 Å². The minimum Gasteiger partial charge on any atom is -0.373 e. The molecule has 1 aliphatic carbocycles. The summed E-state index contributed by atoms with van der Waals surface area (Å²) in [7, 11) is 0. The summed E-state index contributed by atoms with van der Waals surface area (Å²) in [5, 5.41) is 0. The van der Waals surface area contributed by atoms with Gasteiger partial charge in [-0.05, 0) is 37.0 Å². The molecule has 1 nitrogen and oxygen atoms in total. The van der Waals surface area contributed by atoms with E-state index in [2.05, 4.69) is 63.9 Å². The molecular weight excluding hydrogens is 356 g/mol. The van der Waals surface area contributed by atoms with E-state index in [4.69, 9.17) is 4.74 Å². The van der Waals surface area contributed by atoms with Crippen molar-refractivity contribution in [2.24, 2.45) is 5.41 Å². The van der Waals surface area contributed by atoms with Gasteiger partial charge in [0, 0.05) is 14.7 Å². The molecule has 1 aromatic carbocycles. The first-order valence-corrected chi connectivity index (χ1v) is 8.33. The van der Waals surface area contributed by atoms with Gasteiger partial charge in [0.15, 0.2) is 0 Å². The van der Waals surface area contributed by atoms with Gasteiger partial charge in [-0.15, -0.1) is 0 Å². The first-order chi connectivity index (χ1) is 8.62. The minimum absolute atomic E-state index is 0.339. The molecule has 0 aliphatic heterocycles. The number of benzene rings is 1. The molecule has 1 aromatic rings. The lowest BCUT2D eigenvalue weighted by molar-refractivity contribution is -0.115. The standard InChI is InChI=1S/C15H20Br2O/c1-3-15(4-2)13(17)9-14(15)18-10-11-6-5-7-12(16)8-11/h5-8,13-14H,3-4,9-10H2,1-2H3. The second-order valence-corrected chi connectivity index (χ2v) is 7.09. The van der Waals surface area contributed by atoms with Gasteiger partial charge in [-0.3, -0.25) is 0 Å². The molecule has 0 amide bonds. The van der Waals surface area contributed by atoms with E-state index in [1.54, 1.807) is 0 Å². The van der Waals surface area contributed by atoms with Crippen LogP contribution in [0.5, 0.6) is 0 Å². The third-order valence-electron chi connectivity index (χ3n) is 4.34. The fourth-order valence-electron chi connectivity index (χ4n) is 2.90. The highest BCUT2D eigenvalue weighted by Crippen LogP contribution is 2.52. The molecule has 1 saturated carbocycles. The Labute approximate surface area is 127 Å². The van der Waals surface area contributed by atoms with Gasteiger partial charge in [0.25, 0.3) is 0 Å². The fraction of sp³-hybridized carbons (Fsp3) is 0.600. The smallest absolute Gasteiger partial charge is 0.0721 e. The summed E-state index contributed by atoms with van der Waals surface area (Å²) in [6.07, 6.45) is 3.90. The molecule has 2 rings (SSSR count). The maximum absolute atomic E-state index is 6.14. The Bertz CT molecular complexity index is 401. The second kappa shape index (κ2) is 6.06. The van der Waals surface area contributed by atoms with Crippen LogP contribution in [0.4, 0.5) is 0 Å². The van der Waals surface area contributed by atoms with Gasteiger partial charge in [-0.1, -0.05) is 57.8 Å². The van der Waals surface area contributed by atoms with Crippen LogP contribution in [-0.4, -0.2) is 10.9 Å². The van der Waals surface area contributed by atoms with E-state index in [9.17, 15) is 0 Å². The molecule has 0 spiro atoms. The van der Waals surface area contributed by atoms with Gasteiger partial charge >= 0.3 is 0 Å². The highest BCUT2D eigenvalue weighted by Gasteiger charge is 2.52. The van der Waals surface area contributed by atoms with Crippen molar-refractivity contribution < 1.29 is 4.74 Å². The van der Waals surface area contributed by atoms with Crippen LogP contribution in [0.25, 0.3) is 0 Å². The number of halogens is 2. The van der Waals surface area contributed by atoms with Crippen molar-refractivity contribution in [2.75, 3.05) is 0 Å². The molecule has 3 heteroatoms. The average Bonchev–Trinajstić information content (AvgIpc) is 2.36. The van der Waals surface area contributed by atoms with Gasteiger partial charge in [0.2, 0.25) is 0 Å². The zero-order valence-electron chi connectivity index (χ0n) is 11.0. The van der Waals surface area contributed by atoms with E-state index in [0.717, 1.165) is 10.9 Å². The summed E-state index contributed by atoms with van der Waals surface area (Å²) in [5.41, 5.74) is 1.58. The predicted molar refractivity (Wildman–Crippen MR) is 83.1 cm³/mol. The Balaban J connectivity index is 1.95. The monoisotopic (exact) mass is 374 g/mol. The molecule has 0 heterocycles. The maximum atomic E-state index is 6.14. The second-order valence-electron chi connectivity index (χ2n) is 5.07. The summed E-state index contributed by atoms with van der Waals surface area (Å²) in [6, 6.07) is 8.35. The van der Waals surface area contributed by atoms with Crippen molar-refractivity contribution >= 4 is 31.9 Å². The summed E-state index contributed by atoms with van der Waals surface area (Å²) < 4.78 is 7.25. The lowest BCUT2D eigenvalue weighted by Crippen LogP contribution is -2.54. The van der Waals surface area contributed by atoms with Gasteiger partial charge in [0.05, 0.1) is 12.7 Å². The van der Waals surface area contributed by atoms with Gasteiger partial charge in [-0.25, -0.2) is 0 Å². The Hall–Kier alpha value is 0.140. The van der Waals surface area contributed by atoms with E-state index in [-0.39, 0.29) is 0 Å². The predicted octanol–water partition coefficient (Wildman–Crippen LogP) is 5.31. The molecule has 1 fully saturated rings. The topological polar surface area (TPSA) is 9.23 Å². The molecule has 0 N–H and O–H groups in total. The lowest BCUT2D eigenvalue weighted by Gasteiger charge is -2.53. The number of alkyl halides is 1. The largest absolute Gasteiger partial charge is 0.373 e. The lowest BCUT2D eigenvalue weighted by atomic mass is 9.62. The third kappa shape index (κ3) is 2.68. The summed E-state index contributed by atoms with van der Waals surface area (Å²) in [6.45, 7) is 5.25. The zero-order valence-corrected chi connectivity index (χ0v) is 14.1. The van der Waals surface area contributed by atoms with E-state index in [1.807, 2.05) is 6.07 Å². The Morgan fingerprint density at radius 2 is 2.06 bits per heavy atom. The number of ether oxygens (including phenoxy) is 1. The average molecular weight is 376 g/mol. The third-order valence-corrected chi connectivity index (χ3v) is 6.12. The van der Waals surface area contributed by atoms with E-state index >= 15 is 0 Å². The number of rotatable bonds is 5. The van der Waals surface area contributed by atoms with Crippen LogP contribution in [0.2, 0.25) is 0 Å². The fourth-order valence-corrected chi connectivity index (χ4v) is 4.63. The molecule has 0 bridgehead atoms. The van der Waals surface area contributed by atoms with Crippen molar-refractivity contribution in [1.29, 1.82) is 0 Å². The molecule has 0 aromatic heterocycles. The van der Waals surface area contributed by atoms with Crippen LogP contribution in [-0.2, 0) is 11.3 Å². The van der Waals surface area contributed by atoms with Crippen molar-refractivity contribution in [3.8, 4) is 0 Å². The van der Waals surface area contributed by atoms with Crippen molar-refractivity contribution in [2.45, 2.75) is 50.6 Å². The zero-order chi connectivity index (χ0) is 13.2. The van der Waals surface area contributed by atoms with Crippen LogP contribution in [0.15, 0.2) is 28.7 Å². The highest BCUT2D eigenvalue weighted by molar-refractivity contribution is 9.10. The van der Waals surface area contributed by atoms with Crippen LogP contribution >= 0.6 is 31.9 Å². The normalized spacial score (nSPS) is 25.8. The Morgan fingerprint density at radius 1 is 1.33 bits per heavy atom. The first kappa shape index (κ1) is 14.5. The van der Waals surface area contributed by atoms with E-state index < -0.39 is 0 Å². The number of hydrogen-bond donors (Lipinski definition) is 0. The van der Waals surface area contributed by atoms with Crippen LogP contribution in [0.3, 0.4) is 0 Å². The summed E-state index contributed by atoms with van der Waals surface area (Å²) >= 11 is 7.29. The highest BCUT2D eigenvalue weighted by atomic mass is 79.9. The SMILES string of the molecule is CCC1(CC)C(Br)CC1OCc1cccc(Br)c1. The van der Waals surface area contributed by atoms with Crippen molar-refractivity contribution in [3.05, 3.63) is 34.3 Å². The van der Waals surface area contributed by atoms with E-state index in [1.165, 1.54) is 18.4 Å². The van der Waals surface area contributed by atoms with Gasteiger partial charge < -0.3 is 4.74 Å². The van der Waals surface area contributed by atoms with Crippen LogP contribution in [0.1, 0.15) is 38.7 Å². The molecule has 0 saturated heterocycles. The molecule has 100 valence electrons. The quantitative estimate of drug-likeness (QED) is 0.633. The van der Waals surface area contributed by atoms with Crippen LogP contribution in [0, 0.1) is 5.41 Å². The number of hydrogen-bond acceptors (Lipinski definition) is 1. The molecule has 1 aliphatic rings. The first-order valence-electron chi connectivity index (χ1n) is 6.62. The molecule has 0 radical (unpaired) electrons. The summed E-state index contributed by atoms with van der Waals surface area (Å²) in [4.78, 5) is 0.618. The molecule has 2 unspecified atom stereocenters. The minimum atomic E-state index is 0.339. The van der Waals surface area contributed by atoms with Crippen molar-refractivity contribution in [1.82, 2.24) is 0 Å². The summed E-state index contributed by atoms with van der Waals surface area (Å²) in [5.74, 6) is 0.